The minimum absolute atomic E-state index is 0.124. The lowest BCUT2D eigenvalue weighted by molar-refractivity contribution is 0.0694. The van der Waals surface area contributed by atoms with Gasteiger partial charge in [-0.2, -0.15) is 0 Å². The molecule has 2 rings (SSSR count). The van der Waals surface area contributed by atoms with Crippen LogP contribution in [0.4, 0.5) is 5.69 Å². The first-order valence-electron chi connectivity index (χ1n) is 4.96. The summed E-state index contributed by atoms with van der Waals surface area (Å²) in [6.07, 6.45) is 1.66. The van der Waals surface area contributed by atoms with E-state index in [-0.39, 0.29) is 11.3 Å². The molecule has 7 heteroatoms. The fourth-order valence-electron chi connectivity index (χ4n) is 1.38. The Morgan fingerprint density at radius 2 is 2.28 bits per heavy atom. The molecule has 1 heterocycles. The van der Waals surface area contributed by atoms with Crippen LogP contribution in [-0.2, 0) is 6.54 Å². The number of carboxylic acids is 1. The molecular formula is C11H9ClN2O3S. The van der Waals surface area contributed by atoms with Gasteiger partial charge in [-0.15, -0.1) is 11.3 Å². The zero-order valence-corrected chi connectivity index (χ0v) is 10.6. The van der Waals surface area contributed by atoms with Gasteiger partial charge in [0.15, 0.2) is 4.47 Å². The number of carbonyl (C=O) groups is 1. The van der Waals surface area contributed by atoms with Crippen LogP contribution in [0, 0.1) is 0 Å². The molecule has 5 nitrogen and oxygen atoms in total. The Bertz CT molecular complexity index is 585. The summed E-state index contributed by atoms with van der Waals surface area (Å²) in [7, 11) is 0. The number of carboxylic acid groups (broad SMARTS) is 1. The number of rotatable bonds is 4. The minimum atomic E-state index is -1.16. The van der Waals surface area contributed by atoms with Crippen LogP contribution in [0.1, 0.15) is 15.2 Å². The average molecular weight is 285 g/mol. The van der Waals surface area contributed by atoms with Gasteiger partial charge in [0.2, 0.25) is 0 Å². The second kappa shape index (κ2) is 5.24. The zero-order valence-electron chi connectivity index (χ0n) is 9.05. The van der Waals surface area contributed by atoms with Gasteiger partial charge in [-0.1, -0.05) is 11.6 Å². The third-order valence-corrected chi connectivity index (χ3v) is 3.34. The molecule has 0 radical (unpaired) electrons. The number of nitrogens with one attached hydrogen (secondary N) is 1. The molecular weight excluding hydrogens is 276 g/mol. The molecule has 0 fully saturated rings. The predicted octanol–water partition coefficient (Wildman–Crippen LogP) is 2.81. The number of hydrogen-bond donors (Lipinski definition) is 3. The van der Waals surface area contributed by atoms with Crippen molar-refractivity contribution in [2.45, 2.75) is 6.54 Å². The molecule has 0 saturated carbocycles. The van der Waals surface area contributed by atoms with Gasteiger partial charge < -0.3 is 15.5 Å². The van der Waals surface area contributed by atoms with E-state index in [0.29, 0.717) is 16.7 Å². The number of aromatic hydroxyl groups is 1. The van der Waals surface area contributed by atoms with E-state index in [1.807, 2.05) is 0 Å². The van der Waals surface area contributed by atoms with Crippen LogP contribution in [-0.4, -0.2) is 21.2 Å². The highest BCUT2D eigenvalue weighted by molar-refractivity contribution is 7.15. The molecule has 0 aliphatic carbocycles. The minimum Gasteiger partial charge on any atom is -0.507 e. The third-order valence-electron chi connectivity index (χ3n) is 2.22. The van der Waals surface area contributed by atoms with E-state index in [1.54, 1.807) is 12.3 Å². The van der Waals surface area contributed by atoms with E-state index in [0.717, 1.165) is 4.88 Å². The van der Waals surface area contributed by atoms with Gasteiger partial charge >= 0.3 is 5.97 Å². The lowest BCUT2D eigenvalue weighted by Gasteiger charge is -2.06. The van der Waals surface area contributed by atoms with Crippen molar-refractivity contribution in [1.29, 1.82) is 0 Å². The number of aromatic nitrogens is 1. The second-order valence-electron chi connectivity index (χ2n) is 3.47. The first kappa shape index (κ1) is 12.7. The number of halogens is 1. The van der Waals surface area contributed by atoms with Crippen LogP contribution < -0.4 is 5.32 Å². The van der Waals surface area contributed by atoms with E-state index in [2.05, 4.69) is 10.3 Å². The molecule has 0 aliphatic heterocycles. The Morgan fingerprint density at radius 3 is 2.83 bits per heavy atom. The summed E-state index contributed by atoms with van der Waals surface area (Å²) in [5.74, 6) is -1.43. The molecule has 94 valence electrons. The topological polar surface area (TPSA) is 82.5 Å². The van der Waals surface area contributed by atoms with Crippen molar-refractivity contribution < 1.29 is 15.0 Å². The highest BCUT2D eigenvalue weighted by atomic mass is 35.5. The second-order valence-corrected chi connectivity index (χ2v) is 5.17. The van der Waals surface area contributed by atoms with Crippen LogP contribution in [0.25, 0.3) is 0 Å². The quantitative estimate of drug-likeness (QED) is 0.804. The van der Waals surface area contributed by atoms with Crippen LogP contribution in [0.2, 0.25) is 4.47 Å². The molecule has 1 aromatic carbocycles. The van der Waals surface area contributed by atoms with Crippen molar-refractivity contribution in [1.82, 2.24) is 4.98 Å². The van der Waals surface area contributed by atoms with Crippen molar-refractivity contribution in [2.75, 3.05) is 5.32 Å². The molecule has 0 atom stereocenters. The van der Waals surface area contributed by atoms with Gasteiger partial charge in [0.05, 0.1) is 6.54 Å². The summed E-state index contributed by atoms with van der Waals surface area (Å²) < 4.78 is 0.468. The summed E-state index contributed by atoms with van der Waals surface area (Å²) in [6, 6.07) is 4.30. The number of hydrogen-bond acceptors (Lipinski definition) is 5. The van der Waals surface area contributed by atoms with E-state index in [1.165, 1.54) is 23.5 Å². The summed E-state index contributed by atoms with van der Waals surface area (Å²) in [5.41, 5.74) is 0.503. The van der Waals surface area contributed by atoms with Gasteiger partial charge in [0, 0.05) is 22.8 Å². The molecule has 0 saturated heterocycles. The van der Waals surface area contributed by atoms with E-state index >= 15 is 0 Å². The number of benzene rings is 1. The van der Waals surface area contributed by atoms with Crippen LogP contribution in [0.15, 0.2) is 24.4 Å². The van der Waals surface area contributed by atoms with Crippen molar-refractivity contribution in [2.24, 2.45) is 0 Å². The van der Waals surface area contributed by atoms with E-state index < -0.39 is 5.97 Å². The van der Waals surface area contributed by atoms with Gasteiger partial charge in [0.25, 0.3) is 0 Å². The van der Waals surface area contributed by atoms with Crippen LogP contribution in [0.5, 0.6) is 5.75 Å². The first-order valence-corrected chi connectivity index (χ1v) is 6.16. The first-order chi connectivity index (χ1) is 8.56. The molecule has 0 aliphatic rings. The number of nitrogens with zero attached hydrogens (tertiary/aromatic N) is 1. The highest BCUT2D eigenvalue weighted by Gasteiger charge is 2.09. The predicted molar refractivity (Wildman–Crippen MR) is 69.5 cm³/mol. The fraction of sp³-hybridized carbons (Fsp3) is 0.0909. The Morgan fingerprint density at radius 1 is 1.50 bits per heavy atom. The Kier molecular flexibility index (Phi) is 3.69. The molecule has 0 unspecified atom stereocenters. The van der Waals surface area contributed by atoms with Crippen LogP contribution in [0.3, 0.4) is 0 Å². The molecule has 1 aromatic heterocycles. The van der Waals surface area contributed by atoms with Crippen molar-refractivity contribution in [3.63, 3.8) is 0 Å². The third kappa shape index (κ3) is 2.91. The van der Waals surface area contributed by atoms with Gasteiger partial charge in [-0.05, 0) is 12.1 Å². The average Bonchev–Trinajstić information content (AvgIpc) is 2.72. The summed E-state index contributed by atoms with van der Waals surface area (Å²) in [5, 5.41) is 21.3. The Hall–Kier alpha value is -1.79. The van der Waals surface area contributed by atoms with E-state index in [4.69, 9.17) is 16.7 Å². The summed E-state index contributed by atoms with van der Waals surface area (Å²) in [4.78, 5) is 15.6. The molecule has 2 aromatic rings. The Labute approximate surface area is 112 Å². The molecule has 3 N–H and O–H groups in total. The fourth-order valence-corrected chi connectivity index (χ4v) is 2.29. The standard InChI is InChI=1S/C11H9ClN2O3S/c12-11-14-5-7(18-11)4-13-6-1-2-8(10(16)17)9(15)3-6/h1-3,5,13,15H,4H2,(H,16,17). The highest BCUT2D eigenvalue weighted by Crippen LogP contribution is 2.23. The smallest absolute Gasteiger partial charge is 0.339 e. The van der Waals surface area contributed by atoms with E-state index in [9.17, 15) is 9.90 Å². The Balaban J connectivity index is 2.06. The van der Waals surface area contributed by atoms with Crippen molar-refractivity contribution in [3.8, 4) is 5.75 Å². The van der Waals surface area contributed by atoms with Gasteiger partial charge in [-0.25, -0.2) is 9.78 Å². The maximum atomic E-state index is 10.7. The summed E-state index contributed by atoms with van der Waals surface area (Å²) >= 11 is 7.05. The molecule has 0 spiro atoms. The van der Waals surface area contributed by atoms with Gasteiger partial charge in [-0.3, -0.25) is 0 Å². The maximum absolute atomic E-state index is 10.7. The molecule has 18 heavy (non-hydrogen) atoms. The molecule has 0 amide bonds. The van der Waals surface area contributed by atoms with Gasteiger partial charge in [0.1, 0.15) is 11.3 Å². The largest absolute Gasteiger partial charge is 0.507 e. The number of anilines is 1. The van der Waals surface area contributed by atoms with Crippen molar-refractivity contribution >= 4 is 34.6 Å². The lowest BCUT2D eigenvalue weighted by Crippen LogP contribution is -2.00. The van der Waals surface area contributed by atoms with Crippen LogP contribution >= 0.6 is 22.9 Å². The number of thiazole rings is 1. The summed E-state index contributed by atoms with van der Waals surface area (Å²) in [6.45, 7) is 0.510. The maximum Gasteiger partial charge on any atom is 0.339 e. The normalized spacial score (nSPS) is 10.3. The monoisotopic (exact) mass is 284 g/mol. The molecule has 0 bridgehead atoms. The number of phenols is 1. The number of aromatic carboxylic acids is 1. The lowest BCUT2D eigenvalue weighted by atomic mass is 10.2. The SMILES string of the molecule is O=C(O)c1ccc(NCc2cnc(Cl)s2)cc1O. The zero-order chi connectivity index (χ0) is 13.1. The van der Waals surface area contributed by atoms with Crippen molar-refractivity contribution in [3.05, 3.63) is 39.3 Å².